The molecule has 0 fully saturated rings. The van der Waals surface area contributed by atoms with Crippen LogP contribution in [0.25, 0.3) is 0 Å². The zero-order valence-corrected chi connectivity index (χ0v) is 12.5. The molecule has 0 radical (unpaired) electrons. The Morgan fingerprint density at radius 3 is 0.556 bits per heavy atom. The summed E-state index contributed by atoms with van der Waals surface area (Å²) in [5.74, 6) is 0. The molecule has 0 heteroatoms. The van der Waals surface area contributed by atoms with Crippen molar-refractivity contribution in [3.8, 4) is 0 Å². The Balaban J connectivity index is 0.000000225. The Kier molecular flexibility index (Phi) is 5.15. The molecular weight excluding hydrogens is 216 g/mol. The third-order valence-corrected chi connectivity index (χ3v) is 4.04. The monoisotopic (exact) mass is 240 g/mol. The average molecular weight is 240 g/mol. The summed E-state index contributed by atoms with van der Waals surface area (Å²) in [6.07, 6.45) is 0. The lowest BCUT2D eigenvalue weighted by molar-refractivity contribution is 1.13. The molecule has 96 valence electrons. The van der Waals surface area contributed by atoms with E-state index in [-0.39, 0.29) is 0 Å². The first kappa shape index (κ1) is 14.5. The summed E-state index contributed by atoms with van der Waals surface area (Å²) in [5.41, 5.74) is 8.73. The van der Waals surface area contributed by atoms with Gasteiger partial charge in [-0.2, -0.15) is 0 Å². The summed E-state index contributed by atoms with van der Waals surface area (Å²) in [6.45, 7) is 13.3. The molecular formula is C18H24. The maximum Gasteiger partial charge on any atom is -0.0392 e. The highest BCUT2D eigenvalue weighted by Crippen LogP contribution is 2.24. The fourth-order valence-corrected chi connectivity index (χ4v) is 2.07. The first-order chi connectivity index (χ1) is 8.46. The second-order valence-electron chi connectivity index (χ2n) is 4.90. The zero-order chi connectivity index (χ0) is 13.7. The first-order valence-corrected chi connectivity index (χ1v) is 6.50. The van der Waals surface area contributed by atoms with Crippen LogP contribution >= 0.6 is 0 Å². The molecule has 0 saturated carbocycles. The second-order valence-corrected chi connectivity index (χ2v) is 4.90. The van der Waals surface area contributed by atoms with Crippen LogP contribution in [0.3, 0.4) is 0 Å². The van der Waals surface area contributed by atoms with Crippen LogP contribution in [0.15, 0.2) is 36.4 Å². The highest BCUT2D eigenvalue weighted by molar-refractivity contribution is 5.48. The average Bonchev–Trinajstić information content (AvgIpc) is 2.43. The molecule has 18 heavy (non-hydrogen) atoms. The Hall–Kier alpha value is -1.56. The van der Waals surface area contributed by atoms with Crippen LogP contribution in [-0.2, 0) is 0 Å². The van der Waals surface area contributed by atoms with Gasteiger partial charge < -0.3 is 0 Å². The van der Waals surface area contributed by atoms with Crippen LogP contribution in [-0.4, -0.2) is 0 Å². The predicted molar refractivity (Wildman–Crippen MR) is 81.3 cm³/mol. The largest absolute Gasteiger partial charge is 0.0623 e. The molecule has 0 bridgehead atoms. The van der Waals surface area contributed by atoms with Crippen molar-refractivity contribution in [3.63, 3.8) is 0 Å². The van der Waals surface area contributed by atoms with Gasteiger partial charge in [0.25, 0.3) is 0 Å². The van der Waals surface area contributed by atoms with E-state index in [0.29, 0.717) is 0 Å². The fourth-order valence-electron chi connectivity index (χ4n) is 2.07. The van der Waals surface area contributed by atoms with E-state index in [1.54, 1.807) is 0 Å². The highest BCUT2D eigenvalue weighted by atomic mass is 14.1. The lowest BCUT2D eigenvalue weighted by Crippen LogP contribution is -1.98. The molecule has 0 N–H and O–H groups in total. The summed E-state index contributed by atoms with van der Waals surface area (Å²) in [5, 5.41) is 0. The third kappa shape index (κ3) is 3.22. The smallest absolute Gasteiger partial charge is 0.0392 e. The molecule has 2 rings (SSSR count). The van der Waals surface area contributed by atoms with Gasteiger partial charge in [0.1, 0.15) is 0 Å². The minimum absolute atomic E-state index is 1.45. The van der Waals surface area contributed by atoms with Gasteiger partial charge in [0, 0.05) is 0 Å². The topological polar surface area (TPSA) is 0 Å². The quantitative estimate of drug-likeness (QED) is 0.592. The zero-order valence-electron chi connectivity index (χ0n) is 12.5. The summed E-state index contributed by atoms with van der Waals surface area (Å²) in [4.78, 5) is 0. The maximum atomic E-state index is 2.21. The summed E-state index contributed by atoms with van der Waals surface area (Å²) in [7, 11) is 0. The van der Waals surface area contributed by atoms with Gasteiger partial charge in [-0.15, -0.1) is 0 Å². The van der Waals surface area contributed by atoms with E-state index in [9.17, 15) is 0 Å². The molecule has 0 aromatic heterocycles. The number of hydrogen-bond donors (Lipinski definition) is 0. The van der Waals surface area contributed by atoms with Crippen molar-refractivity contribution in [1.82, 2.24) is 0 Å². The fraction of sp³-hybridized carbons (Fsp3) is 0.333. The van der Waals surface area contributed by atoms with Gasteiger partial charge in [-0.3, -0.25) is 0 Å². The Morgan fingerprint density at radius 2 is 0.444 bits per heavy atom. The highest BCUT2D eigenvalue weighted by Gasteiger charge is 2.07. The molecule has 0 amide bonds. The van der Waals surface area contributed by atoms with Gasteiger partial charge >= 0.3 is 0 Å². The Labute approximate surface area is 112 Å². The van der Waals surface area contributed by atoms with E-state index in [0.717, 1.165) is 0 Å². The molecule has 0 spiro atoms. The van der Waals surface area contributed by atoms with E-state index >= 15 is 0 Å². The van der Waals surface area contributed by atoms with E-state index in [1.165, 1.54) is 33.4 Å². The molecule has 0 aliphatic carbocycles. The molecule has 0 heterocycles. The molecule has 0 unspecified atom stereocenters. The van der Waals surface area contributed by atoms with Crippen molar-refractivity contribution in [2.24, 2.45) is 0 Å². The standard InChI is InChI=1S/C12H18.C6H6/c1-7-8(2)10(4)12(6)11(5)9(7)3;1-2-4-6-5-3-1/h1-6H3;1-6H. The molecule has 0 aliphatic rings. The lowest BCUT2D eigenvalue weighted by atomic mass is 9.90. The third-order valence-electron chi connectivity index (χ3n) is 4.04. The van der Waals surface area contributed by atoms with Gasteiger partial charge in [-0.1, -0.05) is 36.4 Å². The van der Waals surface area contributed by atoms with Crippen LogP contribution in [0, 0.1) is 41.5 Å². The first-order valence-electron chi connectivity index (χ1n) is 6.50. The van der Waals surface area contributed by atoms with E-state index < -0.39 is 0 Å². The van der Waals surface area contributed by atoms with Gasteiger partial charge in [-0.25, -0.2) is 0 Å². The van der Waals surface area contributed by atoms with E-state index in [2.05, 4.69) is 41.5 Å². The Bertz CT molecular complexity index is 376. The minimum atomic E-state index is 1.45. The summed E-state index contributed by atoms with van der Waals surface area (Å²) < 4.78 is 0. The number of benzene rings is 2. The SMILES string of the molecule is Cc1c(C)c(C)c(C)c(C)c1C.c1ccccc1. The molecule has 2 aromatic rings. The van der Waals surface area contributed by atoms with Crippen molar-refractivity contribution in [3.05, 3.63) is 69.8 Å². The predicted octanol–water partition coefficient (Wildman–Crippen LogP) is 5.22. The number of rotatable bonds is 0. The van der Waals surface area contributed by atoms with Crippen molar-refractivity contribution in [2.75, 3.05) is 0 Å². The molecule has 0 saturated heterocycles. The van der Waals surface area contributed by atoms with Gasteiger partial charge in [0.15, 0.2) is 0 Å². The molecule has 0 atom stereocenters. The van der Waals surface area contributed by atoms with Crippen LogP contribution in [0.4, 0.5) is 0 Å². The summed E-state index contributed by atoms with van der Waals surface area (Å²) in [6, 6.07) is 12.0. The molecule has 2 aromatic carbocycles. The molecule has 0 aliphatic heterocycles. The van der Waals surface area contributed by atoms with Crippen molar-refractivity contribution < 1.29 is 0 Å². The summed E-state index contributed by atoms with van der Waals surface area (Å²) >= 11 is 0. The lowest BCUT2D eigenvalue weighted by Gasteiger charge is -2.15. The van der Waals surface area contributed by atoms with Crippen LogP contribution in [0.1, 0.15) is 33.4 Å². The Morgan fingerprint density at radius 1 is 0.333 bits per heavy atom. The van der Waals surface area contributed by atoms with Gasteiger partial charge in [0.2, 0.25) is 0 Å². The molecule has 0 nitrogen and oxygen atoms in total. The number of hydrogen-bond acceptors (Lipinski definition) is 0. The van der Waals surface area contributed by atoms with E-state index in [4.69, 9.17) is 0 Å². The maximum absolute atomic E-state index is 2.21. The minimum Gasteiger partial charge on any atom is -0.0623 e. The van der Waals surface area contributed by atoms with Crippen molar-refractivity contribution >= 4 is 0 Å². The van der Waals surface area contributed by atoms with Crippen LogP contribution in [0.2, 0.25) is 0 Å². The van der Waals surface area contributed by atoms with Crippen LogP contribution in [0.5, 0.6) is 0 Å². The normalized spacial score (nSPS) is 9.67. The van der Waals surface area contributed by atoms with Gasteiger partial charge in [0.05, 0.1) is 0 Å². The van der Waals surface area contributed by atoms with E-state index in [1.807, 2.05) is 36.4 Å². The van der Waals surface area contributed by atoms with Crippen LogP contribution < -0.4 is 0 Å². The van der Waals surface area contributed by atoms with Gasteiger partial charge in [-0.05, 0) is 74.9 Å². The van der Waals surface area contributed by atoms with Crippen molar-refractivity contribution in [1.29, 1.82) is 0 Å². The van der Waals surface area contributed by atoms with Crippen molar-refractivity contribution in [2.45, 2.75) is 41.5 Å². The second kappa shape index (κ2) is 6.39.